The summed E-state index contributed by atoms with van der Waals surface area (Å²) in [5, 5.41) is 21.2. The van der Waals surface area contributed by atoms with Gasteiger partial charge in [0.25, 0.3) is 5.91 Å². The van der Waals surface area contributed by atoms with Crippen molar-refractivity contribution in [2.75, 3.05) is 13.1 Å². The number of hydrogen-bond acceptors (Lipinski definition) is 5. The lowest BCUT2D eigenvalue weighted by Crippen LogP contribution is -2.48. The summed E-state index contributed by atoms with van der Waals surface area (Å²) in [5.41, 5.74) is -0.702. The molecule has 0 aliphatic carbocycles. The van der Waals surface area contributed by atoms with Gasteiger partial charge in [-0.2, -0.15) is 0 Å². The summed E-state index contributed by atoms with van der Waals surface area (Å²) in [4.78, 5) is 35.1. The van der Waals surface area contributed by atoms with E-state index < -0.39 is 16.3 Å². The normalized spacial score (nSPS) is 22.6. The molecule has 1 unspecified atom stereocenters. The summed E-state index contributed by atoms with van der Waals surface area (Å²) < 4.78 is 0. The first-order chi connectivity index (χ1) is 9.33. The van der Waals surface area contributed by atoms with E-state index in [0.29, 0.717) is 19.4 Å². The van der Waals surface area contributed by atoms with Gasteiger partial charge in [0.15, 0.2) is 0 Å². The van der Waals surface area contributed by atoms with Gasteiger partial charge in [-0.1, -0.05) is 11.3 Å². The molecule has 1 atom stereocenters. The van der Waals surface area contributed by atoms with Crippen LogP contribution >= 0.6 is 11.3 Å². The molecule has 0 saturated carbocycles. The Morgan fingerprint density at radius 1 is 1.55 bits per heavy atom. The average molecular weight is 298 g/mol. The molecule has 0 radical (unpaired) electrons. The summed E-state index contributed by atoms with van der Waals surface area (Å²) in [7, 11) is 0. The molecule has 1 aromatic heterocycles. The van der Waals surface area contributed by atoms with Gasteiger partial charge in [0.05, 0.1) is 15.9 Å². The summed E-state index contributed by atoms with van der Waals surface area (Å²) >= 11 is 0.893. The summed E-state index contributed by atoms with van der Waals surface area (Å²) in [6.45, 7) is 2.22. The first-order valence-corrected chi connectivity index (χ1v) is 6.97. The van der Waals surface area contributed by atoms with E-state index in [4.69, 9.17) is 0 Å². The monoisotopic (exact) mass is 298 g/mol. The van der Waals surface area contributed by atoms with Crippen LogP contribution in [0, 0.1) is 15.5 Å². The highest BCUT2D eigenvalue weighted by molar-refractivity contribution is 7.13. The van der Waals surface area contributed by atoms with Crippen LogP contribution < -0.4 is 0 Å². The van der Waals surface area contributed by atoms with E-state index in [1.165, 1.54) is 16.3 Å². The van der Waals surface area contributed by atoms with E-state index in [9.17, 15) is 24.8 Å². The van der Waals surface area contributed by atoms with Crippen LogP contribution in [0.5, 0.6) is 0 Å². The SMILES string of the molecule is CC1(C(=O)O)CCCN(C(=O)c2csc([N+](=O)[O-])c2)C1. The number of amides is 1. The Kier molecular flexibility index (Phi) is 3.76. The lowest BCUT2D eigenvalue weighted by atomic mass is 9.82. The van der Waals surface area contributed by atoms with Crippen molar-refractivity contribution >= 4 is 28.2 Å². The second kappa shape index (κ2) is 5.20. The van der Waals surface area contributed by atoms with Gasteiger partial charge in [-0.15, -0.1) is 0 Å². The third-order valence-corrected chi connectivity index (χ3v) is 4.39. The maximum Gasteiger partial charge on any atom is 0.324 e. The molecule has 0 spiro atoms. The number of nitrogens with zero attached hydrogens (tertiary/aromatic N) is 2. The van der Waals surface area contributed by atoms with Crippen molar-refractivity contribution in [3.05, 3.63) is 27.1 Å². The molecule has 0 bridgehead atoms. The van der Waals surface area contributed by atoms with Gasteiger partial charge in [-0.25, -0.2) is 0 Å². The third-order valence-electron chi connectivity index (χ3n) is 3.51. The number of carbonyl (C=O) groups excluding carboxylic acids is 1. The molecule has 1 aliphatic heterocycles. The number of hydrogen-bond donors (Lipinski definition) is 1. The number of thiophene rings is 1. The lowest BCUT2D eigenvalue weighted by Gasteiger charge is -2.37. The zero-order chi connectivity index (χ0) is 14.9. The van der Waals surface area contributed by atoms with Crippen molar-refractivity contribution in [3.63, 3.8) is 0 Å². The maximum atomic E-state index is 12.3. The fourth-order valence-corrected chi connectivity index (χ4v) is 3.00. The van der Waals surface area contributed by atoms with Crippen LogP contribution in [-0.2, 0) is 4.79 Å². The first kappa shape index (κ1) is 14.4. The average Bonchev–Trinajstić information content (AvgIpc) is 2.87. The standard InChI is InChI=1S/C12H14N2O5S/c1-12(11(16)17)3-2-4-13(7-12)10(15)8-5-9(14(18)19)20-6-8/h5-6H,2-4,7H2,1H3,(H,16,17). The van der Waals surface area contributed by atoms with Crippen molar-refractivity contribution in [3.8, 4) is 0 Å². The molecule has 20 heavy (non-hydrogen) atoms. The molecule has 7 nitrogen and oxygen atoms in total. The Hall–Kier alpha value is -1.96. The van der Waals surface area contributed by atoms with Crippen LogP contribution in [-0.4, -0.2) is 39.9 Å². The van der Waals surface area contributed by atoms with Gasteiger partial charge in [0, 0.05) is 24.5 Å². The van der Waals surface area contributed by atoms with Crippen molar-refractivity contribution in [2.24, 2.45) is 5.41 Å². The topological polar surface area (TPSA) is 101 Å². The lowest BCUT2D eigenvalue weighted by molar-refractivity contribution is -0.380. The number of likely N-dealkylation sites (tertiary alicyclic amines) is 1. The molecule has 1 amide bonds. The second-order valence-corrected chi connectivity index (χ2v) is 6.02. The highest BCUT2D eigenvalue weighted by Gasteiger charge is 2.39. The minimum Gasteiger partial charge on any atom is -0.481 e. The third kappa shape index (κ3) is 2.64. The summed E-state index contributed by atoms with van der Waals surface area (Å²) in [6.07, 6.45) is 1.14. The molecule has 8 heteroatoms. The van der Waals surface area contributed by atoms with E-state index >= 15 is 0 Å². The van der Waals surface area contributed by atoms with Crippen LogP contribution in [0.1, 0.15) is 30.1 Å². The van der Waals surface area contributed by atoms with Crippen molar-refractivity contribution in [1.82, 2.24) is 4.90 Å². The van der Waals surface area contributed by atoms with Gasteiger partial charge in [-0.05, 0) is 19.8 Å². The Morgan fingerprint density at radius 2 is 2.25 bits per heavy atom. The molecule has 1 aliphatic rings. The Balaban J connectivity index is 2.16. The van der Waals surface area contributed by atoms with E-state index in [-0.39, 0.29) is 23.0 Å². The van der Waals surface area contributed by atoms with E-state index in [2.05, 4.69) is 0 Å². The van der Waals surface area contributed by atoms with Crippen LogP contribution in [0.25, 0.3) is 0 Å². The van der Waals surface area contributed by atoms with Gasteiger partial charge in [-0.3, -0.25) is 19.7 Å². The second-order valence-electron chi connectivity index (χ2n) is 5.13. The van der Waals surface area contributed by atoms with Crippen LogP contribution in [0.4, 0.5) is 5.00 Å². The quantitative estimate of drug-likeness (QED) is 0.679. The molecule has 1 fully saturated rings. The predicted molar refractivity (Wildman–Crippen MR) is 71.9 cm³/mol. The molecular weight excluding hydrogens is 284 g/mol. The van der Waals surface area contributed by atoms with E-state index in [0.717, 1.165) is 11.3 Å². The molecule has 2 rings (SSSR count). The number of carboxylic acid groups (broad SMARTS) is 1. The van der Waals surface area contributed by atoms with E-state index in [1.807, 2.05) is 0 Å². The van der Waals surface area contributed by atoms with Gasteiger partial charge in [0.2, 0.25) is 0 Å². The van der Waals surface area contributed by atoms with Crippen molar-refractivity contribution < 1.29 is 19.6 Å². The maximum absolute atomic E-state index is 12.3. The minimum atomic E-state index is -0.949. The predicted octanol–water partition coefficient (Wildman–Crippen LogP) is 1.98. The van der Waals surface area contributed by atoms with Gasteiger partial charge < -0.3 is 10.0 Å². The molecule has 1 aromatic rings. The highest BCUT2D eigenvalue weighted by Crippen LogP contribution is 2.31. The number of carbonyl (C=O) groups is 2. The first-order valence-electron chi connectivity index (χ1n) is 6.09. The zero-order valence-electron chi connectivity index (χ0n) is 10.9. The Bertz CT molecular complexity index is 570. The number of piperidine rings is 1. The summed E-state index contributed by atoms with van der Waals surface area (Å²) in [5.74, 6) is -1.27. The van der Waals surface area contributed by atoms with Crippen LogP contribution in [0.2, 0.25) is 0 Å². The molecule has 1 N–H and O–H groups in total. The van der Waals surface area contributed by atoms with Crippen molar-refractivity contribution in [1.29, 1.82) is 0 Å². The smallest absolute Gasteiger partial charge is 0.324 e. The number of rotatable bonds is 3. The number of nitro groups is 1. The van der Waals surface area contributed by atoms with E-state index in [1.54, 1.807) is 6.92 Å². The minimum absolute atomic E-state index is 0.0913. The highest BCUT2D eigenvalue weighted by atomic mass is 32.1. The van der Waals surface area contributed by atoms with Gasteiger partial charge >= 0.3 is 11.0 Å². The largest absolute Gasteiger partial charge is 0.481 e. The molecular formula is C12H14N2O5S. The van der Waals surface area contributed by atoms with Gasteiger partial charge in [0.1, 0.15) is 0 Å². The van der Waals surface area contributed by atoms with Crippen LogP contribution in [0.3, 0.4) is 0 Å². The van der Waals surface area contributed by atoms with Crippen LogP contribution in [0.15, 0.2) is 11.4 Å². The number of carboxylic acids is 1. The molecule has 1 saturated heterocycles. The molecule has 108 valence electrons. The Morgan fingerprint density at radius 3 is 2.80 bits per heavy atom. The van der Waals surface area contributed by atoms with Crippen molar-refractivity contribution in [2.45, 2.75) is 19.8 Å². The fraction of sp³-hybridized carbons (Fsp3) is 0.500. The Labute approximate surface area is 119 Å². The fourth-order valence-electron chi connectivity index (χ4n) is 2.30. The zero-order valence-corrected chi connectivity index (χ0v) is 11.7. The molecule has 2 heterocycles. The molecule has 0 aromatic carbocycles. The number of aliphatic carboxylic acids is 1. The summed E-state index contributed by atoms with van der Waals surface area (Å²) in [6, 6.07) is 1.24.